The van der Waals surface area contributed by atoms with Gasteiger partial charge in [-0.1, -0.05) is 103 Å². The highest BCUT2D eigenvalue weighted by Crippen LogP contribution is 2.68. The number of benzene rings is 1. The highest BCUT2D eigenvalue weighted by Gasteiger charge is 2.61. The topological polar surface area (TPSA) is 605 Å². The van der Waals surface area contributed by atoms with Crippen molar-refractivity contribution in [3.8, 4) is 5.75 Å². The lowest BCUT2D eigenvalue weighted by molar-refractivity contribution is -0.302. The van der Waals surface area contributed by atoms with Gasteiger partial charge >= 0.3 is 0 Å². The number of carbonyl (C=O) groups is 7. The third kappa shape index (κ3) is 42.0. The summed E-state index contributed by atoms with van der Waals surface area (Å²) in [4.78, 5) is 97.0. The van der Waals surface area contributed by atoms with Crippen molar-refractivity contribution >= 4 is 41.4 Å². The van der Waals surface area contributed by atoms with Gasteiger partial charge in [-0.25, -0.2) is 0 Å². The summed E-state index contributed by atoms with van der Waals surface area (Å²) >= 11 is 0. The third-order valence-corrected chi connectivity index (χ3v) is 29.6. The highest BCUT2D eigenvalue weighted by molar-refractivity contribution is 5.91. The molecule has 1 aromatic rings. The molecule has 3 heterocycles. The molecule has 4 aliphatic carbocycles. The van der Waals surface area contributed by atoms with Crippen molar-refractivity contribution in [1.82, 2.24) is 37.2 Å². The number of hydrogen-bond acceptors (Lipinski definition) is 35. The number of aliphatic hydroxyl groups is 12. The van der Waals surface area contributed by atoms with Crippen molar-refractivity contribution in [2.75, 3.05) is 185 Å². The smallest absolute Gasteiger partial charge is 0.243 e. The Hall–Kier alpha value is -6.03. The quantitative estimate of drug-likeness (QED) is 0.0321. The van der Waals surface area contributed by atoms with Gasteiger partial charge in [0.1, 0.15) is 90.6 Å². The Balaban J connectivity index is 0.839. The highest BCUT2D eigenvalue weighted by atomic mass is 16.7. The van der Waals surface area contributed by atoms with Gasteiger partial charge in [0, 0.05) is 64.2 Å². The first kappa shape index (κ1) is 123. The number of nitrogens with one attached hydrogen (secondary N) is 7. The number of fused-ring (bicyclic) bond motifs is 5. The number of phenolic OH excluding ortho intramolecular Hbond substituents is 1. The molecule has 42 nitrogen and oxygen atoms in total. The monoisotopic (exact) mass is 2060 g/mol. The number of aliphatic hydroxyl groups excluding tert-OH is 12. The van der Waals surface area contributed by atoms with Crippen LogP contribution in [-0.2, 0) is 111 Å². The number of ether oxygens (including phenoxy) is 15. The van der Waals surface area contributed by atoms with Crippen molar-refractivity contribution in [2.45, 2.75) is 324 Å². The maximum Gasteiger partial charge on any atom is 0.243 e. The van der Waals surface area contributed by atoms with E-state index in [1.54, 1.807) is 12.1 Å². The molecule has 828 valence electrons. The average molecular weight is 2060 g/mol. The molecule has 7 amide bonds. The Morgan fingerprint density at radius 1 is 0.431 bits per heavy atom. The van der Waals surface area contributed by atoms with Crippen molar-refractivity contribution in [1.29, 1.82) is 0 Å². The number of carbonyl (C=O) groups excluding carboxylic acids is 7. The lowest BCUT2D eigenvalue weighted by atomic mass is 9.44. The van der Waals surface area contributed by atoms with E-state index in [9.17, 15) is 99.9 Å². The molecule has 8 rings (SSSR count). The molecule has 144 heavy (non-hydrogen) atoms. The first-order valence-corrected chi connectivity index (χ1v) is 52.8. The zero-order valence-corrected chi connectivity index (χ0v) is 85.3. The fraction of sp³-hybridized carbons (Fsp3) is 0.853. The molecule has 0 radical (unpaired) electrons. The lowest BCUT2D eigenvalue weighted by Gasteiger charge is -2.61. The van der Waals surface area contributed by atoms with Gasteiger partial charge in [0.15, 0.2) is 18.9 Å². The zero-order chi connectivity index (χ0) is 104. The second-order valence-electron chi connectivity index (χ2n) is 40.1. The predicted octanol–water partition coefficient (Wildman–Crippen LogP) is 1.11. The Morgan fingerprint density at radius 2 is 0.854 bits per heavy atom. The van der Waals surface area contributed by atoms with Crippen LogP contribution in [0.5, 0.6) is 5.75 Å². The number of unbranched alkanes of at least 4 members (excludes halogenated alkanes) is 11. The van der Waals surface area contributed by atoms with E-state index in [-0.39, 0.29) is 211 Å². The number of aromatic hydroxyl groups is 1. The molecule has 1 aromatic carbocycles. The normalized spacial score (nSPS) is 28.9. The molecule has 0 aromatic heterocycles. The van der Waals surface area contributed by atoms with Gasteiger partial charge in [0.05, 0.1) is 165 Å². The van der Waals surface area contributed by atoms with Crippen LogP contribution < -0.4 is 37.2 Å². The molecule has 7 aliphatic rings. The molecule has 3 saturated heterocycles. The maximum absolute atomic E-state index is 14.7. The molecule has 20 N–H and O–H groups in total. The van der Waals surface area contributed by atoms with Crippen molar-refractivity contribution in [3.63, 3.8) is 0 Å². The summed E-state index contributed by atoms with van der Waals surface area (Å²) in [5.41, 5.74) is -0.741. The van der Waals surface area contributed by atoms with Gasteiger partial charge in [-0.2, -0.15) is 0 Å². The van der Waals surface area contributed by atoms with Crippen LogP contribution in [0.1, 0.15) is 213 Å². The Morgan fingerprint density at radius 3 is 1.31 bits per heavy atom. The summed E-state index contributed by atoms with van der Waals surface area (Å²) in [6, 6.07) is 5.24. The van der Waals surface area contributed by atoms with E-state index in [0.29, 0.717) is 48.0 Å². The van der Waals surface area contributed by atoms with Crippen molar-refractivity contribution < 1.29 is 171 Å². The van der Waals surface area contributed by atoms with E-state index in [4.69, 9.17) is 71.1 Å². The van der Waals surface area contributed by atoms with Gasteiger partial charge in [0.2, 0.25) is 41.4 Å². The molecule has 7 fully saturated rings. The summed E-state index contributed by atoms with van der Waals surface area (Å²) < 4.78 is 84.2. The lowest BCUT2D eigenvalue weighted by Crippen LogP contribution is -2.60. The number of hydrogen-bond donors (Lipinski definition) is 20. The van der Waals surface area contributed by atoms with Crippen LogP contribution in [0.15, 0.2) is 36.4 Å². The molecular weight excluding hydrogens is 1880 g/mol. The summed E-state index contributed by atoms with van der Waals surface area (Å²) in [6.07, 6.45) is 9.92. The van der Waals surface area contributed by atoms with E-state index in [2.05, 4.69) is 77.1 Å². The predicted molar refractivity (Wildman–Crippen MR) is 522 cm³/mol. The summed E-state index contributed by atoms with van der Waals surface area (Å²) in [5, 5.41) is 150. The van der Waals surface area contributed by atoms with E-state index in [0.717, 1.165) is 57.8 Å². The first-order chi connectivity index (χ1) is 69.5. The van der Waals surface area contributed by atoms with Gasteiger partial charge in [0.25, 0.3) is 0 Å². The Labute approximate surface area is 848 Å². The van der Waals surface area contributed by atoms with E-state index in [1.807, 2.05) is 0 Å². The fourth-order valence-corrected chi connectivity index (χ4v) is 21.4. The van der Waals surface area contributed by atoms with Gasteiger partial charge in [-0.15, -0.1) is 0 Å². The van der Waals surface area contributed by atoms with Crippen molar-refractivity contribution in [3.05, 3.63) is 42.0 Å². The van der Waals surface area contributed by atoms with Gasteiger partial charge in [-0.05, 0) is 160 Å². The van der Waals surface area contributed by atoms with Crippen LogP contribution in [0, 0.1) is 46.3 Å². The van der Waals surface area contributed by atoms with Crippen LogP contribution in [0.2, 0.25) is 0 Å². The van der Waals surface area contributed by atoms with E-state index in [1.165, 1.54) is 95.6 Å². The molecule has 42 heteroatoms. The second kappa shape index (κ2) is 68.0. The Kier molecular flexibility index (Phi) is 58.2. The number of amides is 7. The standard InChI is InChI=1S/C102H175N7O35/c1-5-6-7-8-9-10-11-12-13-14-15-16-17-18-19-20-84(117)107-71-31-36-100(3)70(60-71)24-27-73-75-29-28-74(101(75,4)37-32-76(73)100)68(2)21-30-85(118)108-77(59-69-22-25-72(113)26-23-69)96(129)106-61-86(119)109-102(65-136-41-33-81(114)103-38-44-130-47-50-133-53-56-139-97-93(126)90(123)87(120)78(62-110)142-97,66-137-42-34-82(115)104-39-45-131-48-51-134-54-57-140-98-94(127)91(124)88(121)79(63-111)143-98)67-138-43-35-83(116)105-40-46-132-49-52-135-55-58-141-99-95(128)92(125)89(122)80(64-112)144-99/h12-13,22-23,25-26,68,70-71,73-80,87-95,97-99,110-113,120-128H,5-11,14-21,24,27-67H2,1-4H3,(H,103,114)(H,104,115)(H,105,116)(H,106,129)(H,107,117)(H,108,118)(H,109,119)/b13-12-/t68-,70?,71+,73+,74-,75+,76+,77?,78-,79-,80-,87+,88+,89+,90+,91+,92+,93-,94-,95-,97-,98-,99-,100+,101-/m1/s1. The average Bonchev–Trinajstić information content (AvgIpc) is 1.42. The molecule has 4 saturated carbocycles. The fourth-order valence-electron chi connectivity index (χ4n) is 21.4. The van der Waals surface area contributed by atoms with E-state index < -0.39 is 179 Å². The minimum atomic E-state index is -1.68. The molecule has 0 spiro atoms. The molecule has 2 unspecified atom stereocenters. The van der Waals surface area contributed by atoms with Crippen molar-refractivity contribution in [2.24, 2.45) is 46.3 Å². The van der Waals surface area contributed by atoms with Crippen LogP contribution in [0.25, 0.3) is 0 Å². The van der Waals surface area contributed by atoms with Crippen LogP contribution in [-0.4, -0.2) is 402 Å². The largest absolute Gasteiger partial charge is 0.508 e. The minimum Gasteiger partial charge on any atom is -0.508 e. The molecular formula is C102H175N7O35. The van der Waals surface area contributed by atoms with Gasteiger partial charge in [-0.3, -0.25) is 33.6 Å². The maximum atomic E-state index is 14.7. The number of allylic oxidation sites excluding steroid dienone is 2. The van der Waals surface area contributed by atoms with Crippen LogP contribution in [0.4, 0.5) is 0 Å². The third-order valence-electron chi connectivity index (χ3n) is 29.6. The SMILES string of the molecule is CCCCCCCC/C=C\CCCCCCCC(=O)N[C@H]1CC[C@@]2(C)C(CC[C@H]3[C@@H]4CC[C@H]([C@H](C)CCC(=O)NC(Cc5ccc(O)cc5)C(=O)NCC(=O)NC(COCCC(=O)NCCOCCOCCO[C@@H]5O[C@H](CO)[C@H](O)[C@H](O)[C@H]5O)(COCCC(=O)NCCOCCOCCO[C@@H]5O[C@H](CO)[C@H](O)[C@H](O)[C@H]5O)COCCC(=O)NCCOCCOCCO[C@@H]5O[C@H](CO)[C@H](O)[C@H](O)[C@H]5O)[C@@]4(C)CC[C@@H]32)C1. The second-order valence-corrected chi connectivity index (χ2v) is 40.1. The van der Waals surface area contributed by atoms with Crippen LogP contribution in [0.3, 0.4) is 0 Å². The number of rotatable bonds is 75. The zero-order valence-electron chi connectivity index (χ0n) is 85.3. The van der Waals surface area contributed by atoms with Crippen LogP contribution >= 0.6 is 0 Å². The minimum absolute atomic E-state index is 0.0119. The summed E-state index contributed by atoms with van der Waals surface area (Å²) in [7, 11) is 0. The number of phenols is 1. The summed E-state index contributed by atoms with van der Waals surface area (Å²) in [5.74, 6) is 0.0132. The molecule has 25 atom stereocenters. The van der Waals surface area contributed by atoms with Gasteiger partial charge < -0.3 is 175 Å². The molecule has 0 bridgehead atoms. The summed E-state index contributed by atoms with van der Waals surface area (Å²) in [6.45, 7) is 6.21. The van der Waals surface area contributed by atoms with E-state index >= 15 is 0 Å². The Bertz CT molecular complexity index is 3590. The molecule has 3 aliphatic heterocycles. The first-order valence-electron chi connectivity index (χ1n) is 52.8.